The number of rotatable bonds is 7. The van der Waals surface area contributed by atoms with Crippen LogP contribution in [0.2, 0.25) is 0 Å². The summed E-state index contributed by atoms with van der Waals surface area (Å²) in [6, 6.07) is 15.1. The van der Waals surface area contributed by atoms with Gasteiger partial charge in [0.05, 0.1) is 13.7 Å². The first kappa shape index (κ1) is 17.9. The van der Waals surface area contributed by atoms with Crippen LogP contribution in [0.4, 0.5) is 0 Å². The highest BCUT2D eigenvalue weighted by molar-refractivity contribution is 5.96. The Morgan fingerprint density at radius 1 is 1.08 bits per heavy atom. The maximum Gasteiger partial charge on any atom is 0.289 e. The SMILES string of the molecule is CCOc1ccc(CN(CC)C(=O)c2cc3ccccc3o2)cc1OC. The smallest absolute Gasteiger partial charge is 0.289 e. The Morgan fingerprint density at radius 2 is 1.88 bits per heavy atom. The van der Waals surface area contributed by atoms with Crippen molar-refractivity contribution in [2.75, 3.05) is 20.3 Å². The van der Waals surface area contributed by atoms with Gasteiger partial charge in [0.2, 0.25) is 0 Å². The first-order chi connectivity index (χ1) is 12.7. The molecule has 0 aliphatic carbocycles. The molecular formula is C21H23NO4. The molecule has 5 nitrogen and oxygen atoms in total. The van der Waals surface area contributed by atoms with Crippen LogP contribution in [-0.4, -0.2) is 31.1 Å². The molecule has 0 unspecified atom stereocenters. The van der Waals surface area contributed by atoms with E-state index in [1.165, 1.54) is 0 Å². The molecule has 0 spiro atoms. The molecule has 1 heterocycles. The maximum absolute atomic E-state index is 12.9. The molecule has 1 amide bonds. The molecule has 0 aliphatic heterocycles. The van der Waals surface area contributed by atoms with Gasteiger partial charge in [-0.3, -0.25) is 4.79 Å². The molecule has 0 saturated heterocycles. The highest BCUT2D eigenvalue weighted by atomic mass is 16.5. The number of carbonyl (C=O) groups is 1. The van der Waals surface area contributed by atoms with Crippen molar-refractivity contribution in [2.24, 2.45) is 0 Å². The van der Waals surface area contributed by atoms with Crippen LogP contribution in [0.5, 0.6) is 11.5 Å². The lowest BCUT2D eigenvalue weighted by atomic mass is 10.1. The van der Waals surface area contributed by atoms with Crippen molar-refractivity contribution < 1.29 is 18.7 Å². The third kappa shape index (κ3) is 3.67. The van der Waals surface area contributed by atoms with E-state index in [9.17, 15) is 4.79 Å². The Bertz CT molecular complexity index is 867. The number of hydrogen-bond donors (Lipinski definition) is 0. The lowest BCUT2D eigenvalue weighted by molar-refractivity contribution is 0.0722. The Balaban J connectivity index is 1.81. The van der Waals surface area contributed by atoms with E-state index in [2.05, 4.69) is 0 Å². The summed E-state index contributed by atoms with van der Waals surface area (Å²) >= 11 is 0. The molecule has 0 aliphatic rings. The Hall–Kier alpha value is -2.95. The lowest BCUT2D eigenvalue weighted by Crippen LogP contribution is -2.30. The first-order valence-corrected chi connectivity index (χ1v) is 8.73. The van der Waals surface area contributed by atoms with Crippen molar-refractivity contribution in [2.45, 2.75) is 20.4 Å². The molecule has 136 valence electrons. The van der Waals surface area contributed by atoms with Crippen molar-refractivity contribution in [3.05, 3.63) is 59.9 Å². The van der Waals surface area contributed by atoms with Gasteiger partial charge < -0.3 is 18.8 Å². The van der Waals surface area contributed by atoms with Crippen LogP contribution in [0, 0.1) is 0 Å². The highest BCUT2D eigenvalue weighted by Crippen LogP contribution is 2.29. The molecule has 3 aromatic rings. The number of benzene rings is 2. The van der Waals surface area contributed by atoms with Gasteiger partial charge in [0.1, 0.15) is 5.58 Å². The predicted molar refractivity (Wildman–Crippen MR) is 101 cm³/mol. The molecule has 5 heteroatoms. The molecule has 26 heavy (non-hydrogen) atoms. The van der Waals surface area contributed by atoms with Gasteiger partial charge in [0.25, 0.3) is 5.91 Å². The quantitative estimate of drug-likeness (QED) is 0.627. The molecule has 0 bridgehead atoms. The van der Waals surface area contributed by atoms with Crippen molar-refractivity contribution in [1.82, 2.24) is 4.90 Å². The topological polar surface area (TPSA) is 51.9 Å². The van der Waals surface area contributed by atoms with Crippen molar-refractivity contribution in [3.8, 4) is 11.5 Å². The Labute approximate surface area is 153 Å². The second-order valence-electron chi connectivity index (χ2n) is 5.89. The zero-order valence-electron chi connectivity index (χ0n) is 15.3. The number of furan rings is 1. The van der Waals surface area contributed by atoms with Crippen molar-refractivity contribution >= 4 is 16.9 Å². The zero-order valence-corrected chi connectivity index (χ0v) is 15.3. The molecule has 0 saturated carbocycles. The average molecular weight is 353 g/mol. The summed E-state index contributed by atoms with van der Waals surface area (Å²) in [5.41, 5.74) is 1.69. The summed E-state index contributed by atoms with van der Waals surface area (Å²) in [5, 5.41) is 0.926. The highest BCUT2D eigenvalue weighted by Gasteiger charge is 2.19. The molecule has 0 atom stereocenters. The van der Waals surface area contributed by atoms with Gasteiger partial charge in [-0.25, -0.2) is 0 Å². The minimum atomic E-state index is -0.128. The van der Waals surface area contributed by atoms with E-state index < -0.39 is 0 Å². The van der Waals surface area contributed by atoms with E-state index >= 15 is 0 Å². The molecule has 3 rings (SSSR count). The number of carbonyl (C=O) groups excluding carboxylic acids is 1. The maximum atomic E-state index is 12.9. The zero-order chi connectivity index (χ0) is 18.5. The van der Waals surface area contributed by atoms with Gasteiger partial charge in [0, 0.05) is 18.5 Å². The van der Waals surface area contributed by atoms with Gasteiger partial charge in [-0.05, 0) is 43.7 Å². The van der Waals surface area contributed by atoms with Crippen LogP contribution in [0.15, 0.2) is 52.9 Å². The number of methoxy groups -OCH3 is 1. The summed E-state index contributed by atoms with van der Waals surface area (Å²) in [7, 11) is 1.61. The van der Waals surface area contributed by atoms with Crippen LogP contribution in [-0.2, 0) is 6.54 Å². The van der Waals surface area contributed by atoms with E-state index in [-0.39, 0.29) is 5.91 Å². The van der Waals surface area contributed by atoms with Gasteiger partial charge in [-0.2, -0.15) is 0 Å². The summed E-state index contributed by atoms with van der Waals surface area (Å²) in [6.07, 6.45) is 0. The molecule has 1 aromatic heterocycles. The monoisotopic (exact) mass is 353 g/mol. The summed E-state index contributed by atoms with van der Waals surface area (Å²) in [4.78, 5) is 14.6. The fourth-order valence-electron chi connectivity index (χ4n) is 2.88. The summed E-state index contributed by atoms with van der Waals surface area (Å²) in [5.74, 6) is 1.59. The fourth-order valence-corrected chi connectivity index (χ4v) is 2.88. The van der Waals surface area contributed by atoms with Crippen LogP contribution >= 0.6 is 0 Å². The van der Waals surface area contributed by atoms with Crippen LogP contribution in [0.1, 0.15) is 30.0 Å². The summed E-state index contributed by atoms with van der Waals surface area (Å²) in [6.45, 7) is 5.49. The van der Waals surface area contributed by atoms with Crippen molar-refractivity contribution in [1.29, 1.82) is 0 Å². The molecule has 2 aromatic carbocycles. The Kier molecular flexibility index (Phi) is 5.46. The number of para-hydroxylation sites is 1. The van der Waals surface area contributed by atoms with Crippen LogP contribution in [0.3, 0.4) is 0 Å². The molecule has 0 radical (unpaired) electrons. The normalized spacial score (nSPS) is 10.7. The minimum Gasteiger partial charge on any atom is -0.493 e. The van der Waals surface area contributed by atoms with E-state index in [1.54, 1.807) is 18.1 Å². The number of ether oxygens (including phenoxy) is 2. The van der Waals surface area contributed by atoms with Gasteiger partial charge >= 0.3 is 0 Å². The molecule has 0 N–H and O–H groups in total. The van der Waals surface area contributed by atoms with Gasteiger partial charge in [-0.1, -0.05) is 24.3 Å². The number of amides is 1. The second kappa shape index (κ2) is 7.95. The standard InChI is InChI=1S/C21H23NO4/c1-4-22(14-15-10-11-18(25-5-2)19(12-15)24-3)21(23)20-13-16-8-6-7-9-17(16)26-20/h6-13H,4-5,14H2,1-3H3. The second-order valence-corrected chi connectivity index (χ2v) is 5.89. The average Bonchev–Trinajstić information content (AvgIpc) is 3.11. The van der Waals surface area contributed by atoms with E-state index in [4.69, 9.17) is 13.9 Å². The van der Waals surface area contributed by atoms with E-state index in [0.717, 1.165) is 16.5 Å². The van der Waals surface area contributed by atoms with E-state index in [0.29, 0.717) is 37.0 Å². The fraction of sp³-hybridized carbons (Fsp3) is 0.286. The third-order valence-electron chi connectivity index (χ3n) is 4.21. The number of fused-ring (bicyclic) bond motifs is 1. The summed E-state index contributed by atoms with van der Waals surface area (Å²) < 4.78 is 16.6. The Morgan fingerprint density at radius 3 is 2.58 bits per heavy atom. The first-order valence-electron chi connectivity index (χ1n) is 8.73. The van der Waals surface area contributed by atoms with E-state index in [1.807, 2.05) is 56.3 Å². The lowest BCUT2D eigenvalue weighted by Gasteiger charge is -2.20. The number of nitrogens with zero attached hydrogens (tertiary/aromatic N) is 1. The minimum absolute atomic E-state index is 0.128. The number of hydrogen-bond acceptors (Lipinski definition) is 4. The van der Waals surface area contributed by atoms with Gasteiger partial charge in [0.15, 0.2) is 17.3 Å². The third-order valence-corrected chi connectivity index (χ3v) is 4.21. The van der Waals surface area contributed by atoms with Crippen LogP contribution in [0.25, 0.3) is 11.0 Å². The largest absolute Gasteiger partial charge is 0.493 e. The van der Waals surface area contributed by atoms with Gasteiger partial charge in [-0.15, -0.1) is 0 Å². The van der Waals surface area contributed by atoms with Crippen LogP contribution < -0.4 is 9.47 Å². The molecular weight excluding hydrogens is 330 g/mol. The predicted octanol–water partition coefficient (Wildman–Crippen LogP) is 4.50. The van der Waals surface area contributed by atoms with Crippen molar-refractivity contribution in [3.63, 3.8) is 0 Å². The molecule has 0 fully saturated rings.